The zero-order valence-electron chi connectivity index (χ0n) is 14.6. The maximum absolute atomic E-state index is 12.5. The van der Waals surface area contributed by atoms with E-state index in [2.05, 4.69) is 10.6 Å². The third kappa shape index (κ3) is 3.99. The predicted octanol–water partition coefficient (Wildman–Crippen LogP) is 0.408. The van der Waals surface area contributed by atoms with Crippen LogP contribution in [0.3, 0.4) is 0 Å². The molecule has 0 spiro atoms. The van der Waals surface area contributed by atoms with Crippen LogP contribution in [0.15, 0.2) is 35.5 Å². The Hall–Kier alpha value is -1.99. The first-order valence-electron chi connectivity index (χ1n) is 8.46. The van der Waals surface area contributed by atoms with E-state index in [-0.39, 0.29) is 6.03 Å². The molecule has 7 heteroatoms. The van der Waals surface area contributed by atoms with E-state index >= 15 is 0 Å². The average Bonchev–Trinajstić information content (AvgIpc) is 2.62. The van der Waals surface area contributed by atoms with E-state index in [1.54, 1.807) is 0 Å². The predicted molar refractivity (Wildman–Crippen MR) is 97.5 cm³/mol. The van der Waals surface area contributed by atoms with E-state index in [4.69, 9.17) is 4.74 Å². The van der Waals surface area contributed by atoms with Gasteiger partial charge in [0.25, 0.3) is 0 Å². The van der Waals surface area contributed by atoms with Gasteiger partial charge in [0.15, 0.2) is 0 Å². The number of rotatable bonds is 4. The molecule has 0 radical (unpaired) electrons. The highest BCUT2D eigenvalue weighted by atomic mass is 32.2. The second kappa shape index (κ2) is 7.93. The summed E-state index contributed by atoms with van der Waals surface area (Å²) in [4.78, 5) is 26.2. The first-order chi connectivity index (χ1) is 12.1. The number of carbonyl (C=O) groups is 2. The molecular weight excluding hydrogens is 338 g/mol. The molecule has 2 amide bonds. The van der Waals surface area contributed by atoms with Gasteiger partial charge in [-0.2, -0.15) is 11.8 Å². The number of esters is 1. The SMILES string of the molecule is COC(=O)C1=C(C[NH+]2CCSCC2)NC(=O)N[C@H]1c1ccccc1C. The van der Waals surface area contributed by atoms with Gasteiger partial charge in [-0.05, 0) is 18.1 Å². The number of hydrogen-bond donors (Lipinski definition) is 3. The normalized spacial score (nSPS) is 21.5. The number of aryl methyl sites for hydroxylation is 1. The minimum Gasteiger partial charge on any atom is -0.466 e. The lowest BCUT2D eigenvalue weighted by molar-refractivity contribution is -0.891. The van der Waals surface area contributed by atoms with Crippen LogP contribution in [0.1, 0.15) is 17.2 Å². The Labute approximate surface area is 152 Å². The molecule has 3 N–H and O–H groups in total. The lowest BCUT2D eigenvalue weighted by atomic mass is 9.92. The summed E-state index contributed by atoms with van der Waals surface area (Å²) >= 11 is 1.94. The molecule has 1 aromatic rings. The molecule has 2 aliphatic heterocycles. The number of amides is 2. The molecule has 2 heterocycles. The van der Waals surface area contributed by atoms with Gasteiger partial charge in [0.1, 0.15) is 6.54 Å². The second-order valence-corrected chi connectivity index (χ2v) is 7.54. The minimum absolute atomic E-state index is 0.276. The summed E-state index contributed by atoms with van der Waals surface area (Å²) in [5, 5.41) is 5.73. The average molecular weight is 362 g/mol. The van der Waals surface area contributed by atoms with Gasteiger partial charge >= 0.3 is 12.0 Å². The molecule has 6 nitrogen and oxygen atoms in total. The molecule has 1 fully saturated rings. The molecule has 0 saturated carbocycles. The summed E-state index contributed by atoms with van der Waals surface area (Å²) in [7, 11) is 1.38. The molecule has 0 unspecified atom stereocenters. The van der Waals surface area contributed by atoms with Gasteiger partial charge < -0.3 is 20.3 Å². The van der Waals surface area contributed by atoms with E-state index in [0.29, 0.717) is 17.8 Å². The van der Waals surface area contributed by atoms with Crippen molar-refractivity contribution in [1.82, 2.24) is 10.6 Å². The van der Waals surface area contributed by atoms with Crippen LogP contribution in [0, 0.1) is 6.92 Å². The van der Waals surface area contributed by atoms with Crippen LogP contribution in [0.5, 0.6) is 0 Å². The summed E-state index contributed by atoms with van der Waals surface area (Å²) in [6, 6.07) is 7.01. The summed E-state index contributed by atoms with van der Waals surface area (Å²) in [5.41, 5.74) is 3.12. The molecule has 0 bridgehead atoms. The van der Waals surface area contributed by atoms with Crippen molar-refractivity contribution in [3.63, 3.8) is 0 Å². The molecule has 1 saturated heterocycles. The Balaban J connectivity index is 2.00. The van der Waals surface area contributed by atoms with Crippen molar-refractivity contribution >= 4 is 23.8 Å². The fourth-order valence-corrected chi connectivity index (χ4v) is 4.41. The molecular formula is C18H24N3O3S+. The summed E-state index contributed by atoms with van der Waals surface area (Å²) in [6.07, 6.45) is 0. The van der Waals surface area contributed by atoms with E-state index in [1.807, 2.05) is 43.0 Å². The number of thioether (sulfide) groups is 1. The van der Waals surface area contributed by atoms with Crippen LogP contribution >= 0.6 is 11.8 Å². The van der Waals surface area contributed by atoms with Crippen molar-refractivity contribution in [3.8, 4) is 0 Å². The summed E-state index contributed by atoms with van der Waals surface area (Å²) in [5.74, 6) is 1.80. The topological polar surface area (TPSA) is 71.9 Å². The fraction of sp³-hybridized carbons (Fsp3) is 0.444. The maximum atomic E-state index is 12.5. The van der Waals surface area contributed by atoms with Crippen LogP contribution in [0.25, 0.3) is 0 Å². The number of carbonyl (C=O) groups excluding carboxylic acids is 2. The van der Waals surface area contributed by atoms with Gasteiger partial charge in [-0.15, -0.1) is 0 Å². The fourth-order valence-electron chi connectivity index (χ4n) is 3.34. The van der Waals surface area contributed by atoms with Crippen LogP contribution in [-0.4, -0.2) is 50.3 Å². The molecule has 0 aromatic heterocycles. The van der Waals surface area contributed by atoms with Gasteiger partial charge in [0, 0.05) is 11.5 Å². The largest absolute Gasteiger partial charge is 0.466 e. The summed E-state index contributed by atoms with van der Waals surface area (Å²) < 4.78 is 5.03. The number of nitrogens with one attached hydrogen (secondary N) is 3. The van der Waals surface area contributed by atoms with Gasteiger partial charge in [-0.25, -0.2) is 9.59 Å². The molecule has 2 aliphatic rings. The van der Waals surface area contributed by atoms with Crippen molar-refractivity contribution in [2.24, 2.45) is 0 Å². The number of hydrogen-bond acceptors (Lipinski definition) is 4. The smallest absolute Gasteiger partial charge is 0.338 e. The quantitative estimate of drug-likeness (QED) is 0.679. The minimum atomic E-state index is -0.490. The van der Waals surface area contributed by atoms with Crippen molar-refractivity contribution in [1.29, 1.82) is 0 Å². The van der Waals surface area contributed by atoms with E-state index in [1.165, 1.54) is 12.0 Å². The number of ether oxygens (including phenoxy) is 1. The molecule has 134 valence electrons. The number of benzene rings is 1. The number of methoxy groups -OCH3 is 1. The lowest BCUT2D eigenvalue weighted by Crippen LogP contribution is -3.14. The maximum Gasteiger partial charge on any atom is 0.338 e. The van der Waals surface area contributed by atoms with Crippen molar-refractivity contribution < 1.29 is 19.2 Å². The lowest BCUT2D eigenvalue weighted by Gasteiger charge is -2.32. The second-order valence-electron chi connectivity index (χ2n) is 6.31. The van der Waals surface area contributed by atoms with Gasteiger partial charge in [0.05, 0.1) is 37.5 Å². The van der Waals surface area contributed by atoms with E-state index < -0.39 is 12.0 Å². The first kappa shape index (κ1) is 17.8. The molecule has 3 rings (SSSR count). The molecule has 1 atom stereocenters. The van der Waals surface area contributed by atoms with E-state index in [0.717, 1.165) is 35.7 Å². The first-order valence-corrected chi connectivity index (χ1v) is 9.61. The molecule has 1 aromatic carbocycles. The zero-order chi connectivity index (χ0) is 17.8. The highest BCUT2D eigenvalue weighted by Crippen LogP contribution is 2.29. The summed E-state index contributed by atoms with van der Waals surface area (Å²) in [6.45, 7) is 4.66. The monoisotopic (exact) mass is 362 g/mol. The molecule has 0 aliphatic carbocycles. The van der Waals surface area contributed by atoms with Gasteiger partial charge in [-0.3, -0.25) is 0 Å². The van der Waals surface area contributed by atoms with Crippen LogP contribution < -0.4 is 15.5 Å². The standard InChI is InChI=1S/C18H23N3O3S/c1-12-5-3-4-6-13(12)16-15(17(22)24-2)14(19-18(23)20-16)11-21-7-9-25-10-8-21/h3-6,16H,7-11H2,1-2H3,(H2,19,20,23)/p+1/t16-/m0/s1. The zero-order valence-corrected chi connectivity index (χ0v) is 15.4. The Bertz CT molecular complexity index is 699. The van der Waals surface area contributed by atoms with Crippen LogP contribution in [0.2, 0.25) is 0 Å². The van der Waals surface area contributed by atoms with Gasteiger partial charge in [0.2, 0.25) is 0 Å². The Kier molecular flexibility index (Phi) is 5.65. The van der Waals surface area contributed by atoms with Crippen molar-refractivity contribution in [2.45, 2.75) is 13.0 Å². The van der Waals surface area contributed by atoms with Crippen molar-refractivity contribution in [2.75, 3.05) is 38.2 Å². The Morgan fingerprint density at radius 3 is 2.72 bits per heavy atom. The van der Waals surface area contributed by atoms with Crippen LogP contribution in [0.4, 0.5) is 4.79 Å². The van der Waals surface area contributed by atoms with Crippen LogP contribution in [-0.2, 0) is 9.53 Å². The number of quaternary nitrogens is 1. The Morgan fingerprint density at radius 2 is 2.04 bits per heavy atom. The third-order valence-electron chi connectivity index (χ3n) is 4.69. The highest BCUT2D eigenvalue weighted by Gasteiger charge is 2.35. The Morgan fingerprint density at radius 1 is 1.32 bits per heavy atom. The van der Waals surface area contributed by atoms with Gasteiger partial charge in [-0.1, -0.05) is 24.3 Å². The highest BCUT2D eigenvalue weighted by molar-refractivity contribution is 7.99. The third-order valence-corrected chi connectivity index (χ3v) is 5.67. The molecule has 25 heavy (non-hydrogen) atoms. The van der Waals surface area contributed by atoms with E-state index in [9.17, 15) is 9.59 Å². The number of urea groups is 1. The van der Waals surface area contributed by atoms with Crippen molar-refractivity contribution in [3.05, 3.63) is 46.7 Å².